The van der Waals surface area contributed by atoms with Crippen LogP contribution in [0.3, 0.4) is 0 Å². The summed E-state index contributed by atoms with van der Waals surface area (Å²) in [6, 6.07) is 5.51. The van der Waals surface area contributed by atoms with E-state index >= 15 is 0 Å². The van der Waals surface area contributed by atoms with Gasteiger partial charge in [0.15, 0.2) is 0 Å². The van der Waals surface area contributed by atoms with E-state index in [-0.39, 0.29) is 17.6 Å². The van der Waals surface area contributed by atoms with Gasteiger partial charge in [-0.1, -0.05) is 6.07 Å². The standard InChI is InChI=1S/C18H19N5O3/c1-26-14-6-2-5-12-15(14)21-18(19)23-10-13(20-16(12)23)17(25)22-8-3-4-11(24)7-9-22/h2,5-6,10H,3-4,7-9H2,1H3,(H2,19,21). The number of hydrogen-bond donors (Lipinski definition) is 1. The van der Waals surface area contributed by atoms with E-state index in [1.165, 1.54) is 0 Å². The predicted octanol–water partition coefficient (Wildman–Crippen LogP) is 1.67. The summed E-state index contributed by atoms with van der Waals surface area (Å²) in [6.45, 7) is 0.981. The van der Waals surface area contributed by atoms with Gasteiger partial charge in [0.2, 0.25) is 5.95 Å². The number of ketones is 1. The summed E-state index contributed by atoms with van der Waals surface area (Å²) in [6.07, 6.45) is 3.20. The van der Waals surface area contributed by atoms with E-state index in [1.54, 1.807) is 28.7 Å². The Morgan fingerprint density at radius 2 is 2.08 bits per heavy atom. The molecule has 0 atom stereocenters. The summed E-state index contributed by atoms with van der Waals surface area (Å²) in [5.74, 6) is 0.828. The van der Waals surface area contributed by atoms with Crippen LogP contribution in [0.1, 0.15) is 29.8 Å². The average molecular weight is 353 g/mol. The molecule has 8 nitrogen and oxygen atoms in total. The van der Waals surface area contributed by atoms with Gasteiger partial charge in [0.25, 0.3) is 5.91 Å². The van der Waals surface area contributed by atoms with Crippen molar-refractivity contribution in [2.75, 3.05) is 25.9 Å². The summed E-state index contributed by atoms with van der Waals surface area (Å²) in [4.78, 5) is 35.0. The second-order valence-electron chi connectivity index (χ2n) is 6.33. The molecule has 3 heterocycles. The van der Waals surface area contributed by atoms with E-state index in [0.717, 1.165) is 5.39 Å². The maximum Gasteiger partial charge on any atom is 0.274 e. The molecule has 1 fully saturated rings. The highest BCUT2D eigenvalue weighted by Gasteiger charge is 2.23. The molecule has 0 spiro atoms. The molecular weight excluding hydrogens is 334 g/mol. The van der Waals surface area contributed by atoms with E-state index in [9.17, 15) is 9.59 Å². The van der Waals surface area contributed by atoms with Gasteiger partial charge in [0.1, 0.15) is 28.4 Å². The molecule has 1 amide bonds. The molecule has 1 aromatic carbocycles. The van der Waals surface area contributed by atoms with Gasteiger partial charge in [-0.25, -0.2) is 9.97 Å². The lowest BCUT2D eigenvalue weighted by atomic mass is 10.2. The molecule has 0 aliphatic carbocycles. The van der Waals surface area contributed by atoms with Gasteiger partial charge in [-0.2, -0.15) is 0 Å². The number of anilines is 1. The van der Waals surface area contributed by atoms with Gasteiger partial charge in [-0.05, 0) is 18.6 Å². The van der Waals surface area contributed by atoms with Crippen molar-refractivity contribution in [3.8, 4) is 5.75 Å². The Morgan fingerprint density at radius 1 is 1.23 bits per heavy atom. The Hall–Kier alpha value is -3.16. The minimum absolute atomic E-state index is 0.196. The van der Waals surface area contributed by atoms with Crippen LogP contribution < -0.4 is 10.5 Å². The number of methoxy groups -OCH3 is 1. The van der Waals surface area contributed by atoms with Gasteiger partial charge in [0.05, 0.1) is 7.11 Å². The molecule has 26 heavy (non-hydrogen) atoms. The largest absolute Gasteiger partial charge is 0.494 e. The molecule has 2 aromatic heterocycles. The van der Waals surface area contributed by atoms with Crippen molar-refractivity contribution >= 4 is 34.2 Å². The summed E-state index contributed by atoms with van der Waals surface area (Å²) < 4.78 is 6.95. The van der Waals surface area contributed by atoms with Crippen molar-refractivity contribution in [2.45, 2.75) is 19.3 Å². The van der Waals surface area contributed by atoms with Crippen LogP contribution in [0, 0.1) is 0 Å². The van der Waals surface area contributed by atoms with Crippen LogP contribution in [0.5, 0.6) is 5.75 Å². The number of ether oxygens (including phenoxy) is 1. The van der Waals surface area contributed by atoms with Crippen molar-refractivity contribution in [1.29, 1.82) is 0 Å². The van der Waals surface area contributed by atoms with E-state index in [2.05, 4.69) is 9.97 Å². The molecule has 0 radical (unpaired) electrons. The number of carbonyl (C=O) groups excluding carboxylic acids is 2. The van der Waals surface area contributed by atoms with E-state index in [1.807, 2.05) is 12.1 Å². The van der Waals surface area contributed by atoms with Gasteiger partial charge in [-0.3, -0.25) is 14.0 Å². The second kappa shape index (κ2) is 6.29. The van der Waals surface area contributed by atoms with Gasteiger partial charge in [-0.15, -0.1) is 0 Å². The van der Waals surface area contributed by atoms with E-state index < -0.39 is 0 Å². The fraction of sp³-hybridized carbons (Fsp3) is 0.333. The molecular formula is C18H19N5O3. The first-order chi connectivity index (χ1) is 12.6. The number of carbonyl (C=O) groups is 2. The molecule has 0 unspecified atom stereocenters. The quantitative estimate of drug-likeness (QED) is 0.752. The lowest BCUT2D eigenvalue weighted by Crippen LogP contribution is -2.32. The maximum absolute atomic E-state index is 12.9. The summed E-state index contributed by atoms with van der Waals surface area (Å²) >= 11 is 0. The molecule has 1 aliphatic heterocycles. The number of aromatic nitrogens is 3. The highest BCUT2D eigenvalue weighted by Crippen LogP contribution is 2.28. The number of hydrogen-bond acceptors (Lipinski definition) is 6. The number of amides is 1. The number of imidazole rings is 1. The van der Waals surface area contributed by atoms with Crippen LogP contribution in [0.15, 0.2) is 24.4 Å². The monoisotopic (exact) mass is 353 g/mol. The second-order valence-corrected chi connectivity index (χ2v) is 6.33. The Bertz CT molecular complexity index is 1030. The molecule has 134 valence electrons. The van der Waals surface area contributed by atoms with Gasteiger partial charge >= 0.3 is 0 Å². The molecule has 1 saturated heterocycles. The lowest BCUT2D eigenvalue weighted by molar-refractivity contribution is -0.118. The zero-order valence-electron chi connectivity index (χ0n) is 14.4. The summed E-state index contributed by atoms with van der Waals surface area (Å²) in [7, 11) is 1.57. The minimum Gasteiger partial charge on any atom is -0.494 e. The van der Waals surface area contributed by atoms with Crippen molar-refractivity contribution in [3.63, 3.8) is 0 Å². The predicted molar refractivity (Wildman–Crippen MR) is 96.2 cm³/mol. The molecule has 0 bridgehead atoms. The maximum atomic E-state index is 12.9. The van der Waals surface area contributed by atoms with Crippen molar-refractivity contribution in [1.82, 2.24) is 19.3 Å². The van der Waals surface area contributed by atoms with Crippen molar-refractivity contribution in [3.05, 3.63) is 30.1 Å². The number of nitrogen functional groups attached to an aromatic ring is 1. The fourth-order valence-electron chi connectivity index (χ4n) is 3.33. The zero-order chi connectivity index (χ0) is 18.3. The van der Waals surface area contributed by atoms with Crippen LogP contribution in [0.25, 0.3) is 16.6 Å². The number of nitrogens with zero attached hydrogens (tertiary/aromatic N) is 4. The number of rotatable bonds is 2. The van der Waals surface area contributed by atoms with Crippen LogP contribution >= 0.6 is 0 Å². The van der Waals surface area contributed by atoms with Crippen LogP contribution in [-0.4, -0.2) is 51.2 Å². The van der Waals surface area contributed by atoms with E-state index in [0.29, 0.717) is 55.0 Å². The number of para-hydroxylation sites is 1. The molecule has 8 heteroatoms. The molecule has 3 aromatic rings. The van der Waals surface area contributed by atoms with Gasteiger partial charge < -0.3 is 15.4 Å². The van der Waals surface area contributed by atoms with E-state index in [4.69, 9.17) is 10.5 Å². The number of likely N-dealkylation sites (tertiary alicyclic amines) is 1. The van der Waals surface area contributed by atoms with Crippen LogP contribution in [0.2, 0.25) is 0 Å². The zero-order valence-corrected chi connectivity index (χ0v) is 14.4. The van der Waals surface area contributed by atoms with Crippen LogP contribution in [-0.2, 0) is 4.79 Å². The third-order valence-corrected chi connectivity index (χ3v) is 4.69. The van der Waals surface area contributed by atoms with Crippen molar-refractivity contribution in [2.24, 2.45) is 0 Å². The summed E-state index contributed by atoms with van der Waals surface area (Å²) in [5.41, 5.74) is 7.52. The van der Waals surface area contributed by atoms with Crippen LogP contribution in [0.4, 0.5) is 5.95 Å². The average Bonchev–Trinajstić information content (AvgIpc) is 2.99. The summed E-state index contributed by atoms with van der Waals surface area (Å²) in [5, 5.41) is 0.753. The number of fused-ring (bicyclic) bond motifs is 3. The molecule has 4 rings (SSSR count). The Kier molecular flexibility index (Phi) is 3.95. The number of benzene rings is 1. The Morgan fingerprint density at radius 3 is 2.88 bits per heavy atom. The Labute approximate surface area is 149 Å². The third-order valence-electron chi connectivity index (χ3n) is 4.69. The SMILES string of the molecule is COc1cccc2c1nc(N)n1cc(C(=O)N3CCCC(=O)CC3)nc21. The first kappa shape index (κ1) is 16.3. The van der Waals surface area contributed by atoms with Gasteiger partial charge in [0, 0.05) is 37.5 Å². The normalized spacial score (nSPS) is 15.4. The Balaban J connectivity index is 1.80. The smallest absolute Gasteiger partial charge is 0.274 e. The number of Topliss-reactive ketones (excluding diaryl/α,β-unsaturated/α-hetero) is 1. The molecule has 1 aliphatic rings. The molecule has 0 saturated carbocycles. The minimum atomic E-state index is -0.196. The third kappa shape index (κ3) is 2.63. The first-order valence-electron chi connectivity index (χ1n) is 8.50. The highest BCUT2D eigenvalue weighted by molar-refractivity contribution is 5.99. The fourth-order valence-corrected chi connectivity index (χ4v) is 3.33. The first-order valence-corrected chi connectivity index (χ1v) is 8.50. The highest BCUT2D eigenvalue weighted by atomic mass is 16.5. The topological polar surface area (TPSA) is 103 Å². The number of nitrogens with two attached hydrogens (primary N) is 1. The van der Waals surface area contributed by atoms with Crippen molar-refractivity contribution < 1.29 is 14.3 Å². The molecule has 2 N–H and O–H groups in total. The lowest BCUT2D eigenvalue weighted by Gasteiger charge is -2.18.